The second-order valence-electron chi connectivity index (χ2n) is 3.23. The number of ether oxygens (including phenoxy) is 1. The number of hydrogen-bond donors (Lipinski definition) is 1. The summed E-state index contributed by atoms with van der Waals surface area (Å²) in [5, 5.41) is 7.43. The zero-order chi connectivity index (χ0) is 11.2. The molecule has 14 heavy (non-hydrogen) atoms. The molecule has 0 aliphatic rings. The SMILES string of the molecule is COCC(C)CNS(=O)(=O)C(C)C#N. The summed E-state index contributed by atoms with van der Waals surface area (Å²) >= 11 is 0. The summed E-state index contributed by atoms with van der Waals surface area (Å²) in [5.74, 6) is 0.0978. The molecular weight excluding hydrogens is 204 g/mol. The van der Waals surface area contributed by atoms with Gasteiger partial charge in [-0.3, -0.25) is 0 Å². The van der Waals surface area contributed by atoms with Crippen molar-refractivity contribution >= 4 is 10.0 Å². The van der Waals surface area contributed by atoms with Crippen LogP contribution < -0.4 is 4.72 Å². The van der Waals surface area contributed by atoms with Crippen molar-refractivity contribution in [3.8, 4) is 6.07 Å². The Morgan fingerprint density at radius 3 is 2.50 bits per heavy atom. The third-order valence-electron chi connectivity index (χ3n) is 1.73. The molecule has 0 rings (SSSR count). The normalized spacial score (nSPS) is 15.9. The van der Waals surface area contributed by atoms with Crippen molar-refractivity contribution in [1.29, 1.82) is 5.26 Å². The highest BCUT2D eigenvalue weighted by atomic mass is 32.2. The van der Waals surface area contributed by atoms with E-state index in [0.29, 0.717) is 13.2 Å². The number of sulfonamides is 1. The predicted octanol–water partition coefficient (Wildman–Crippen LogP) is 0.100. The molecule has 0 aliphatic carbocycles. The van der Waals surface area contributed by atoms with Crippen molar-refractivity contribution in [2.45, 2.75) is 19.1 Å². The first-order chi connectivity index (χ1) is 6.44. The zero-order valence-electron chi connectivity index (χ0n) is 8.65. The summed E-state index contributed by atoms with van der Waals surface area (Å²) in [4.78, 5) is 0. The fourth-order valence-electron chi connectivity index (χ4n) is 0.796. The second kappa shape index (κ2) is 5.96. The van der Waals surface area contributed by atoms with Gasteiger partial charge < -0.3 is 4.74 Å². The maximum Gasteiger partial charge on any atom is 0.227 e. The topological polar surface area (TPSA) is 79.2 Å². The Labute approximate surface area is 85.1 Å². The van der Waals surface area contributed by atoms with Gasteiger partial charge in [0.25, 0.3) is 0 Å². The monoisotopic (exact) mass is 220 g/mol. The van der Waals surface area contributed by atoms with Crippen molar-refractivity contribution < 1.29 is 13.2 Å². The van der Waals surface area contributed by atoms with Crippen molar-refractivity contribution in [2.24, 2.45) is 5.92 Å². The molecule has 0 aliphatic heterocycles. The third-order valence-corrected chi connectivity index (χ3v) is 3.34. The van der Waals surface area contributed by atoms with E-state index in [1.165, 1.54) is 6.92 Å². The Hall–Kier alpha value is -0.640. The second-order valence-corrected chi connectivity index (χ2v) is 5.31. The molecule has 0 aromatic carbocycles. The van der Waals surface area contributed by atoms with Crippen LogP contribution in [0.1, 0.15) is 13.8 Å². The number of nitriles is 1. The van der Waals surface area contributed by atoms with Gasteiger partial charge in [0, 0.05) is 20.3 Å². The van der Waals surface area contributed by atoms with E-state index in [2.05, 4.69) is 4.72 Å². The van der Waals surface area contributed by atoms with Crippen molar-refractivity contribution in [1.82, 2.24) is 4.72 Å². The third kappa shape index (κ3) is 4.56. The molecule has 2 unspecified atom stereocenters. The molecule has 0 fully saturated rings. The largest absolute Gasteiger partial charge is 0.384 e. The van der Waals surface area contributed by atoms with E-state index < -0.39 is 15.3 Å². The van der Waals surface area contributed by atoms with Crippen molar-refractivity contribution in [3.63, 3.8) is 0 Å². The summed E-state index contributed by atoms with van der Waals surface area (Å²) in [6.07, 6.45) is 0. The lowest BCUT2D eigenvalue weighted by molar-refractivity contribution is 0.161. The molecule has 0 aromatic rings. The molecule has 0 amide bonds. The lowest BCUT2D eigenvalue weighted by Crippen LogP contribution is -2.35. The molecule has 1 N–H and O–H groups in total. The van der Waals surface area contributed by atoms with Crippen LogP contribution in [0.2, 0.25) is 0 Å². The zero-order valence-corrected chi connectivity index (χ0v) is 9.47. The van der Waals surface area contributed by atoms with Crippen molar-refractivity contribution in [3.05, 3.63) is 0 Å². The van der Waals surface area contributed by atoms with E-state index in [4.69, 9.17) is 10.00 Å². The maximum absolute atomic E-state index is 11.3. The molecule has 82 valence electrons. The minimum atomic E-state index is -3.49. The smallest absolute Gasteiger partial charge is 0.227 e. The lowest BCUT2D eigenvalue weighted by Gasteiger charge is -2.12. The first-order valence-corrected chi connectivity index (χ1v) is 5.85. The molecule has 2 atom stereocenters. The number of nitrogens with one attached hydrogen (secondary N) is 1. The van der Waals surface area contributed by atoms with E-state index in [9.17, 15) is 8.42 Å². The van der Waals surface area contributed by atoms with Gasteiger partial charge in [0.2, 0.25) is 10.0 Å². The number of methoxy groups -OCH3 is 1. The summed E-state index contributed by atoms with van der Waals surface area (Å²) < 4.78 is 29.8. The van der Waals surface area contributed by atoms with Crippen LogP contribution >= 0.6 is 0 Å². The Balaban J connectivity index is 4.08. The molecule has 0 saturated heterocycles. The van der Waals surface area contributed by atoms with Crippen LogP contribution in [0, 0.1) is 17.2 Å². The highest BCUT2D eigenvalue weighted by Crippen LogP contribution is 1.99. The van der Waals surface area contributed by atoms with E-state index in [1.54, 1.807) is 13.2 Å². The standard InChI is InChI=1S/C8H16N2O3S/c1-7(6-13-3)5-10-14(11,12)8(2)4-9/h7-8,10H,5-6H2,1-3H3. The molecule has 0 bridgehead atoms. The molecule has 0 radical (unpaired) electrons. The average molecular weight is 220 g/mol. The first kappa shape index (κ1) is 13.4. The predicted molar refractivity (Wildman–Crippen MR) is 53.0 cm³/mol. The molecule has 0 saturated carbocycles. The summed E-state index contributed by atoms with van der Waals surface area (Å²) in [6.45, 7) is 4.00. The quantitative estimate of drug-likeness (QED) is 0.688. The fraction of sp³-hybridized carbons (Fsp3) is 0.875. The van der Waals surface area contributed by atoms with E-state index in [0.717, 1.165) is 0 Å². The maximum atomic E-state index is 11.3. The highest BCUT2D eigenvalue weighted by molar-refractivity contribution is 7.90. The van der Waals surface area contributed by atoms with Gasteiger partial charge >= 0.3 is 0 Å². The number of hydrogen-bond acceptors (Lipinski definition) is 4. The van der Waals surface area contributed by atoms with Gasteiger partial charge in [-0.05, 0) is 12.8 Å². The Morgan fingerprint density at radius 1 is 1.50 bits per heavy atom. The van der Waals surface area contributed by atoms with Gasteiger partial charge in [-0.15, -0.1) is 0 Å². The van der Waals surface area contributed by atoms with Crippen LogP contribution in [-0.2, 0) is 14.8 Å². The fourth-order valence-corrected chi connectivity index (χ4v) is 1.70. The Bertz CT molecular complexity index is 294. The van der Waals surface area contributed by atoms with Crippen LogP contribution in [-0.4, -0.2) is 33.9 Å². The molecule has 0 spiro atoms. The number of nitrogens with zero attached hydrogens (tertiary/aromatic N) is 1. The molecule has 0 heterocycles. The van der Waals surface area contributed by atoms with Gasteiger partial charge in [0.05, 0.1) is 6.07 Å². The van der Waals surface area contributed by atoms with Gasteiger partial charge in [-0.1, -0.05) is 6.92 Å². The molecule has 5 nitrogen and oxygen atoms in total. The van der Waals surface area contributed by atoms with E-state index in [1.807, 2.05) is 6.92 Å². The molecule has 0 aromatic heterocycles. The van der Waals surface area contributed by atoms with E-state index >= 15 is 0 Å². The summed E-state index contributed by atoms with van der Waals surface area (Å²) in [5.41, 5.74) is 0. The van der Waals surface area contributed by atoms with E-state index in [-0.39, 0.29) is 5.92 Å². The minimum Gasteiger partial charge on any atom is -0.384 e. The number of rotatable bonds is 6. The highest BCUT2D eigenvalue weighted by Gasteiger charge is 2.20. The van der Waals surface area contributed by atoms with Crippen LogP contribution in [0.5, 0.6) is 0 Å². The Kier molecular flexibility index (Phi) is 5.69. The van der Waals surface area contributed by atoms with Crippen LogP contribution in [0.15, 0.2) is 0 Å². The van der Waals surface area contributed by atoms with Gasteiger partial charge in [0.15, 0.2) is 5.25 Å². The average Bonchev–Trinajstić information content (AvgIpc) is 2.14. The molecular formula is C8H16N2O3S. The first-order valence-electron chi connectivity index (χ1n) is 4.31. The van der Waals surface area contributed by atoms with Gasteiger partial charge in [0.1, 0.15) is 0 Å². The summed E-state index contributed by atoms with van der Waals surface area (Å²) in [6, 6.07) is 1.68. The lowest BCUT2D eigenvalue weighted by atomic mass is 10.2. The summed E-state index contributed by atoms with van der Waals surface area (Å²) in [7, 11) is -1.93. The van der Waals surface area contributed by atoms with Crippen LogP contribution in [0.4, 0.5) is 0 Å². The van der Waals surface area contributed by atoms with Crippen molar-refractivity contribution in [2.75, 3.05) is 20.3 Å². The van der Waals surface area contributed by atoms with Gasteiger partial charge in [-0.2, -0.15) is 5.26 Å². The minimum absolute atomic E-state index is 0.0978. The Morgan fingerprint density at radius 2 is 2.07 bits per heavy atom. The van der Waals surface area contributed by atoms with Crippen LogP contribution in [0.25, 0.3) is 0 Å². The van der Waals surface area contributed by atoms with Crippen LogP contribution in [0.3, 0.4) is 0 Å². The van der Waals surface area contributed by atoms with Gasteiger partial charge in [-0.25, -0.2) is 13.1 Å². The molecule has 6 heteroatoms.